The van der Waals surface area contributed by atoms with Crippen molar-refractivity contribution in [1.82, 2.24) is 9.97 Å². The molecule has 5 nitrogen and oxygen atoms in total. The summed E-state index contributed by atoms with van der Waals surface area (Å²) in [5, 5.41) is 0. The number of hydrogen-bond acceptors (Lipinski definition) is 5. The van der Waals surface area contributed by atoms with E-state index >= 15 is 0 Å². The summed E-state index contributed by atoms with van der Waals surface area (Å²) in [6, 6.07) is 0.293. The quantitative estimate of drug-likeness (QED) is 0.846. The minimum Gasteiger partial charge on any atom is -0.383 e. The van der Waals surface area contributed by atoms with E-state index in [1.54, 1.807) is 0 Å². The summed E-state index contributed by atoms with van der Waals surface area (Å²) >= 11 is 3.43. The average Bonchev–Trinajstić information content (AvgIpc) is 2.26. The largest absolute Gasteiger partial charge is 0.383 e. The van der Waals surface area contributed by atoms with E-state index in [1.807, 2.05) is 0 Å². The maximum absolute atomic E-state index is 5.75. The maximum atomic E-state index is 5.75. The Hall–Kier alpha value is -0.880. The summed E-state index contributed by atoms with van der Waals surface area (Å²) in [4.78, 5) is 10.4. The predicted octanol–water partition coefficient (Wildman–Crippen LogP) is 1.43. The van der Waals surface area contributed by atoms with Crippen LogP contribution in [0.2, 0.25) is 0 Å². The molecule has 2 N–H and O–H groups in total. The molecule has 0 spiro atoms. The van der Waals surface area contributed by atoms with Crippen molar-refractivity contribution in [2.75, 3.05) is 23.8 Å². The Bertz CT molecular complexity index is 387. The van der Waals surface area contributed by atoms with Gasteiger partial charge in [-0.1, -0.05) is 0 Å². The van der Waals surface area contributed by atoms with Gasteiger partial charge in [0.05, 0.1) is 18.8 Å². The minimum absolute atomic E-state index is 0.208. The van der Waals surface area contributed by atoms with Crippen LogP contribution in [0.1, 0.15) is 13.8 Å². The smallest absolute Gasteiger partial charge is 0.148 e. The average molecular weight is 287 g/mol. The van der Waals surface area contributed by atoms with Crippen molar-refractivity contribution in [3.8, 4) is 0 Å². The van der Waals surface area contributed by atoms with Gasteiger partial charge in [0.15, 0.2) is 0 Å². The molecule has 1 aliphatic rings. The fourth-order valence-corrected chi connectivity index (χ4v) is 2.20. The Morgan fingerprint density at radius 3 is 3.00 bits per heavy atom. The Labute approximate surface area is 103 Å². The lowest BCUT2D eigenvalue weighted by Crippen LogP contribution is -2.48. The predicted molar refractivity (Wildman–Crippen MR) is 66.4 cm³/mol. The molecule has 1 aromatic heterocycles. The molecule has 0 radical (unpaired) electrons. The molecule has 0 amide bonds. The van der Waals surface area contributed by atoms with Gasteiger partial charge in [0, 0.05) is 6.54 Å². The second-order valence-corrected chi connectivity index (χ2v) is 4.83. The number of ether oxygens (including phenoxy) is 1. The molecule has 1 saturated heterocycles. The van der Waals surface area contributed by atoms with Gasteiger partial charge in [-0.2, -0.15) is 0 Å². The fourth-order valence-electron chi connectivity index (χ4n) is 1.77. The van der Waals surface area contributed by atoms with Crippen molar-refractivity contribution in [3.05, 3.63) is 10.8 Å². The van der Waals surface area contributed by atoms with Crippen LogP contribution in [0.25, 0.3) is 0 Å². The van der Waals surface area contributed by atoms with Gasteiger partial charge < -0.3 is 15.4 Å². The molecule has 2 unspecified atom stereocenters. The summed E-state index contributed by atoms with van der Waals surface area (Å²) in [5.41, 5.74) is 5.75. The van der Waals surface area contributed by atoms with Crippen molar-refractivity contribution < 1.29 is 4.74 Å². The number of aromatic nitrogens is 2. The lowest BCUT2D eigenvalue weighted by atomic mass is 10.2. The van der Waals surface area contributed by atoms with Gasteiger partial charge in [-0.05, 0) is 29.8 Å². The lowest BCUT2D eigenvalue weighted by Gasteiger charge is -2.38. The number of anilines is 2. The molecular formula is C10H15BrN4O. The highest BCUT2D eigenvalue weighted by molar-refractivity contribution is 9.10. The Balaban J connectivity index is 2.31. The summed E-state index contributed by atoms with van der Waals surface area (Å²) in [7, 11) is 0. The van der Waals surface area contributed by atoms with Gasteiger partial charge in [0.2, 0.25) is 0 Å². The first-order valence-electron chi connectivity index (χ1n) is 5.23. The highest BCUT2D eigenvalue weighted by Crippen LogP contribution is 2.30. The molecule has 1 fully saturated rings. The molecule has 88 valence electrons. The number of nitrogens with zero attached hydrogens (tertiary/aromatic N) is 3. The Morgan fingerprint density at radius 2 is 2.25 bits per heavy atom. The van der Waals surface area contributed by atoms with Gasteiger partial charge in [-0.15, -0.1) is 0 Å². The zero-order valence-corrected chi connectivity index (χ0v) is 10.9. The zero-order chi connectivity index (χ0) is 11.7. The zero-order valence-electron chi connectivity index (χ0n) is 9.35. The maximum Gasteiger partial charge on any atom is 0.148 e. The molecule has 0 aliphatic carbocycles. The molecule has 2 atom stereocenters. The first kappa shape index (κ1) is 11.6. The third-order valence-electron chi connectivity index (χ3n) is 2.68. The van der Waals surface area contributed by atoms with E-state index in [0.29, 0.717) is 18.5 Å². The van der Waals surface area contributed by atoms with Gasteiger partial charge >= 0.3 is 0 Å². The Morgan fingerprint density at radius 1 is 1.50 bits per heavy atom. The molecule has 2 heterocycles. The molecule has 0 saturated carbocycles. The monoisotopic (exact) mass is 286 g/mol. The molecule has 0 aromatic carbocycles. The Kier molecular flexibility index (Phi) is 3.30. The molecule has 1 aliphatic heterocycles. The van der Waals surface area contributed by atoms with E-state index in [9.17, 15) is 0 Å². The number of rotatable bonds is 1. The van der Waals surface area contributed by atoms with Crippen molar-refractivity contribution >= 4 is 27.6 Å². The highest BCUT2D eigenvalue weighted by atomic mass is 79.9. The highest BCUT2D eigenvalue weighted by Gasteiger charge is 2.26. The number of nitrogens with two attached hydrogens (primary N) is 1. The standard InChI is InChI=1S/C10H15BrN4O/c1-6-4-16-7(2)3-15(6)10-8(11)9(12)13-5-14-10/h5-7H,3-4H2,1-2H3,(H2,12,13,14). The molecule has 0 bridgehead atoms. The molecule has 1 aromatic rings. The number of nitrogen functional groups attached to an aromatic ring is 1. The van der Waals surface area contributed by atoms with Crippen molar-refractivity contribution in [2.45, 2.75) is 26.0 Å². The van der Waals surface area contributed by atoms with Crippen LogP contribution in [0.15, 0.2) is 10.8 Å². The van der Waals surface area contributed by atoms with Crippen LogP contribution in [0.4, 0.5) is 11.6 Å². The van der Waals surface area contributed by atoms with E-state index < -0.39 is 0 Å². The topological polar surface area (TPSA) is 64.3 Å². The first-order chi connectivity index (χ1) is 7.59. The fraction of sp³-hybridized carbons (Fsp3) is 0.600. The molecular weight excluding hydrogens is 272 g/mol. The van der Waals surface area contributed by atoms with Gasteiger partial charge in [-0.3, -0.25) is 0 Å². The number of hydrogen-bond donors (Lipinski definition) is 1. The lowest BCUT2D eigenvalue weighted by molar-refractivity contribution is 0.0340. The molecule has 6 heteroatoms. The van der Waals surface area contributed by atoms with E-state index in [2.05, 4.69) is 44.6 Å². The third-order valence-corrected chi connectivity index (χ3v) is 3.44. The van der Waals surface area contributed by atoms with Crippen molar-refractivity contribution in [1.29, 1.82) is 0 Å². The van der Waals surface area contributed by atoms with Gasteiger partial charge in [0.25, 0.3) is 0 Å². The van der Waals surface area contributed by atoms with Crippen LogP contribution < -0.4 is 10.6 Å². The van der Waals surface area contributed by atoms with Crippen LogP contribution in [0.5, 0.6) is 0 Å². The summed E-state index contributed by atoms with van der Waals surface area (Å²) < 4.78 is 6.34. The van der Waals surface area contributed by atoms with E-state index in [1.165, 1.54) is 6.33 Å². The second-order valence-electron chi connectivity index (χ2n) is 4.04. The van der Waals surface area contributed by atoms with E-state index in [4.69, 9.17) is 10.5 Å². The molecule has 2 rings (SSSR count). The molecule has 16 heavy (non-hydrogen) atoms. The van der Waals surface area contributed by atoms with E-state index in [-0.39, 0.29) is 6.10 Å². The SMILES string of the molecule is CC1CN(c2ncnc(N)c2Br)C(C)CO1. The minimum atomic E-state index is 0.208. The second kappa shape index (κ2) is 4.55. The van der Waals surface area contributed by atoms with Gasteiger partial charge in [0.1, 0.15) is 22.4 Å². The van der Waals surface area contributed by atoms with Crippen LogP contribution in [-0.2, 0) is 4.74 Å². The van der Waals surface area contributed by atoms with Crippen molar-refractivity contribution in [3.63, 3.8) is 0 Å². The van der Waals surface area contributed by atoms with Gasteiger partial charge in [-0.25, -0.2) is 9.97 Å². The van der Waals surface area contributed by atoms with Crippen molar-refractivity contribution in [2.24, 2.45) is 0 Å². The van der Waals surface area contributed by atoms with Crippen LogP contribution >= 0.6 is 15.9 Å². The summed E-state index contributed by atoms with van der Waals surface area (Å²) in [5.74, 6) is 1.31. The van der Waals surface area contributed by atoms with E-state index in [0.717, 1.165) is 16.8 Å². The summed E-state index contributed by atoms with van der Waals surface area (Å²) in [6.07, 6.45) is 1.70. The normalized spacial score (nSPS) is 25.8. The van der Waals surface area contributed by atoms with Crippen LogP contribution in [-0.4, -0.2) is 35.3 Å². The first-order valence-corrected chi connectivity index (χ1v) is 6.03. The van der Waals surface area contributed by atoms with Crippen LogP contribution in [0, 0.1) is 0 Å². The third kappa shape index (κ3) is 2.12. The number of morpholine rings is 1. The number of halogens is 1. The summed E-state index contributed by atoms with van der Waals surface area (Å²) in [6.45, 7) is 5.68. The van der Waals surface area contributed by atoms with Crippen LogP contribution in [0.3, 0.4) is 0 Å².